The fraction of sp³-hybridized carbons (Fsp3) is 0.562. The molecule has 0 saturated carbocycles. The van der Waals surface area contributed by atoms with E-state index in [1.165, 1.54) is 12.0 Å². The quantitative estimate of drug-likeness (QED) is 0.927. The lowest BCUT2D eigenvalue weighted by Gasteiger charge is -2.17. The van der Waals surface area contributed by atoms with E-state index < -0.39 is 0 Å². The van der Waals surface area contributed by atoms with Crippen LogP contribution in [0.25, 0.3) is 0 Å². The van der Waals surface area contributed by atoms with E-state index in [4.69, 9.17) is 4.99 Å². The first kappa shape index (κ1) is 14.0. The lowest BCUT2D eigenvalue weighted by atomic mass is 10.1. The van der Waals surface area contributed by atoms with Crippen molar-refractivity contribution in [3.63, 3.8) is 0 Å². The van der Waals surface area contributed by atoms with Crippen LogP contribution in [0.3, 0.4) is 0 Å². The molecular formula is C16H23N3S. The summed E-state index contributed by atoms with van der Waals surface area (Å²) in [7, 11) is 0. The first-order valence-electron chi connectivity index (χ1n) is 7.36. The van der Waals surface area contributed by atoms with Crippen LogP contribution in [-0.2, 0) is 6.54 Å². The molecule has 1 N–H and O–H groups in total. The zero-order valence-corrected chi connectivity index (χ0v) is 13.1. The van der Waals surface area contributed by atoms with Gasteiger partial charge in [-0.05, 0) is 25.8 Å². The molecule has 2 aliphatic rings. The first-order valence-corrected chi connectivity index (χ1v) is 8.34. The molecule has 2 fully saturated rings. The van der Waals surface area contributed by atoms with Crippen molar-refractivity contribution < 1.29 is 0 Å². The number of amidine groups is 1. The summed E-state index contributed by atoms with van der Waals surface area (Å²) in [4.78, 5) is 7.40. The van der Waals surface area contributed by atoms with Crippen molar-refractivity contribution >= 4 is 16.9 Å². The standard InChI is InChI=1S/C16H23N3S/c1-16(2)12-20-15(18-16)17-14-8-9-19(11-14)10-13-6-4-3-5-7-13/h3-7,14H,8-12H2,1-2H3,(H,17,18). The van der Waals surface area contributed by atoms with Gasteiger partial charge in [-0.15, -0.1) is 0 Å². The maximum Gasteiger partial charge on any atom is 0.157 e. The molecule has 0 bridgehead atoms. The summed E-state index contributed by atoms with van der Waals surface area (Å²) in [5.41, 5.74) is 1.60. The Kier molecular flexibility index (Phi) is 4.03. The molecule has 1 aromatic rings. The zero-order chi connectivity index (χ0) is 14.0. The summed E-state index contributed by atoms with van der Waals surface area (Å²) in [5.74, 6) is 1.12. The molecule has 0 aromatic heterocycles. The fourth-order valence-corrected chi connectivity index (χ4v) is 3.89. The van der Waals surface area contributed by atoms with E-state index in [9.17, 15) is 0 Å². The number of benzene rings is 1. The van der Waals surface area contributed by atoms with Gasteiger partial charge in [0, 0.05) is 30.9 Å². The van der Waals surface area contributed by atoms with Crippen molar-refractivity contribution in [1.82, 2.24) is 10.2 Å². The van der Waals surface area contributed by atoms with Crippen LogP contribution in [0.1, 0.15) is 25.8 Å². The van der Waals surface area contributed by atoms with Crippen LogP contribution in [0.2, 0.25) is 0 Å². The summed E-state index contributed by atoms with van der Waals surface area (Å²) in [6.45, 7) is 7.76. The number of nitrogens with zero attached hydrogens (tertiary/aromatic N) is 2. The third-order valence-electron chi connectivity index (χ3n) is 3.81. The van der Waals surface area contributed by atoms with Crippen molar-refractivity contribution in [2.75, 3.05) is 18.8 Å². The maximum atomic E-state index is 4.89. The number of thioether (sulfide) groups is 1. The molecule has 4 heteroatoms. The van der Waals surface area contributed by atoms with Crippen LogP contribution in [0.5, 0.6) is 0 Å². The highest BCUT2D eigenvalue weighted by molar-refractivity contribution is 8.14. The third kappa shape index (κ3) is 3.55. The Morgan fingerprint density at radius 1 is 1.35 bits per heavy atom. The Hall–Kier alpha value is -1.00. The molecule has 108 valence electrons. The monoisotopic (exact) mass is 289 g/mol. The Labute approximate surface area is 125 Å². The molecule has 1 unspecified atom stereocenters. The van der Waals surface area contributed by atoms with Gasteiger partial charge in [0.05, 0.1) is 6.04 Å². The minimum absolute atomic E-state index is 0.200. The van der Waals surface area contributed by atoms with Crippen LogP contribution in [0, 0.1) is 0 Å². The summed E-state index contributed by atoms with van der Waals surface area (Å²) in [5, 5.41) is 4.66. The van der Waals surface area contributed by atoms with Crippen LogP contribution in [0.15, 0.2) is 35.3 Å². The van der Waals surface area contributed by atoms with Crippen molar-refractivity contribution in [3.05, 3.63) is 35.9 Å². The highest BCUT2D eigenvalue weighted by Crippen LogP contribution is 2.24. The van der Waals surface area contributed by atoms with Crippen molar-refractivity contribution in [2.45, 2.75) is 38.4 Å². The normalized spacial score (nSPS) is 27.9. The molecule has 20 heavy (non-hydrogen) atoms. The molecule has 0 spiro atoms. The van der Waals surface area contributed by atoms with E-state index in [-0.39, 0.29) is 5.54 Å². The van der Waals surface area contributed by atoms with Crippen LogP contribution >= 0.6 is 11.8 Å². The number of aliphatic imine (C=N–C) groups is 1. The van der Waals surface area contributed by atoms with E-state index in [0.29, 0.717) is 6.04 Å². The van der Waals surface area contributed by atoms with E-state index in [2.05, 4.69) is 54.4 Å². The topological polar surface area (TPSA) is 27.6 Å². The number of hydrogen-bond acceptors (Lipinski definition) is 3. The van der Waals surface area contributed by atoms with Gasteiger partial charge in [-0.3, -0.25) is 9.89 Å². The predicted molar refractivity (Wildman–Crippen MR) is 87.2 cm³/mol. The average Bonchev–Trinajstić information content (AvgIpc) is 2.98. The molecule has 0 aliphatic carbocycles. The highest BCUT2D eigenvalue weighted by atomic mass is 32.2. The van der Waals surface area contributed by atoms with Crippen LogP contribution < -0.4 is 5.32 Å². The lowest BCUT2D eigenvalue weighted by Crippen LogP contribution is -2.37. The Balaban J connectivity index is 1.54. The zero-order valence-electron chi connectivity index (χ0n) is 12.3. The Morgan fingerprint density at radius 3 is 2.85 bits per heavy atom. The number of hydrogen-bond donors (Lipinski definition) is 1. The van der Waals surface area contributed by atoms with Gasteiger partial charge in [-0.1, -0.05) is 42.1 Å². The molecule has 2 saturated heterocycles. The first-order chi connectivity index (χ1) is 9.61. The molecule has 0 radical (unpaired) electrons. The minimum Gasteiger partial charge on any atom is -0.359 e. The van der Waals surface area contributed by atoms with Crippen molar-refractivity contribution in [1.29, 1.82) is 0 Å². The second-order valence-corrected chi connectivity index (χ2v) is 7.36. The molecule has 1 aromatic carbocycles. The lowest BCUT2D eigenvalue weighted by molar-refractivity contribution is 0.327. The maximum absolute atomic E-state index is 4.89. The minimum atomic E-state index is 0.200. The van der Waals surface area contributed by atoms with E-state index in [1.54, 1.807) is 0 Å². The van der Waals surface area contributed by atoms with Gasteiger partial charge in [0.25, 0.3) is 0 Å². The van der Waals surface area contributed by atoms with E-state index >= 15 is 0 Å². The summed E-state index contributed by atoms with van der Waals surface area (Å²) >= 11 is 1.86. The third-order valence-corrected chi connectivity index (χ3v) is 5.16. The molecular weight excluding hydrogens is 266 g/mol. The molecule has 1 atom stereocenters. The summed E-state index contributed by atoms with van der Waals surface area (Å²) in [6, 6.07) is 11.2. The van der Waals surface area contributed by atoms with Gasteiger partial charge in [0.1, 0.15) is 0 Å². The molecule has 2 heterocycles. The van der Waals surface area contributed by atoms with Crippen LogP contribution in [0.4, 0.5) is 0 Å². The van der Waals surface area contributed by atoms with Crippen LogP contribution in [-0.4, -0.2) is 40.5 Å². The number of likely N-dealkylation sites (tertiary alicyclic amines) is 1. The molecule has 0 amide bonds. The average molecular weight is 289 g/mol. The SMILES string of the molecule is CC1(C)CSC(=NC2CCN(Cc3ccccc3)C2)N1. The van der Waals surface area contributed by atoms with Gasteiger partial charge in [-0.2, -0.15) is 0 Å². The van der Waals surface area contributed by atoms with Gasteiger partial charge in [0.15, 0.2) is 5.17 Å². The van der Waals surface area contributed by atoms with Gasteiger partial charge in [-0.25, -0.2) is 0 Å². The largest absolute Gasteiger partial charge is 0.359 e. The van der Waals surface area contributed by atoms with E-state index in [0.717, 1.165) is 30.6 Å². The fourth-order valence-electron chi connectivity index (χ4n) is 2.75. The van der Waals surface area contributed by atoms with E-state index in [1.807, 2.05) is 11.8 Å². The molecule has 3 nitrogen and oxygen atoms in total. The summed E-state index contributed by atoms with van der Waals surface area (Å²) in [6.07, 6.45) is 1.18. The van der Waals surface area contributed by atoms with Crippen molar-refractivity contribution in [3.8, 4) is 0 Å². The molecule has 3 rings (SSSR count). The predicted octanol–water partition coefficient (Wildman–Crippen LogP) is 2.73. The van der Waals surface area contributed by atoms with Crippen molar-refractivity contribution in [2.24, 2.45) is 4.99 Å². The van der Waals surface area contributed by atoms with Gasteiger partial charge in [0.2, 0.25) is 0 Å². The smallest absolute Gasteiger partial charge is 0.157 e. The second-order valence-electron chi connectivity index (χ2n) is 6.40. The second kappa shape index (κ2) is 5.78. The Bertz CT molecular complexity index is 484. The molecule has 2 aliphatic heterocycles. The highest BCUT2D eigenvalue weighted by Gasteiger charge is 2.29. The Morgan fingerprint density at radius 2 is 2.15 bits per heavy atom. The summed E-state index contributed by atoms with van der Waals surface area (Å²) < 4.78 is 0. The van der Waals surface area contributed by atoms with Gasteiger partial charge >= 0.3 is 0 Å². The number of rotatable bonds is 3. The number of nitrogens with one attached hydrogen (secondary N) is 1. The van der Waals surface area contributed by atoms with Gasteiger partial charge < -0.3 is 5.32 Å².